The van der Waals surface area contributed by atoms with Crippen molar-refractivity contribution in [1.29, 1.82) is 0 Å². The summed E-state index contributed by atoms with van der Waals surface area (Å²) in [6, 6.07) is 7.17. The molecule has 1 amide bonds. The summed E-state index contributed by atoms with van der Waals surface area (Å²) in [5.74, 6) is 2.53. The van der Waals surface area contributed by atoms with Crippen molar-refractivity contribution in [2.75, 3.05) is 18.1 Å². The van der Waals surface area contributed by atoms with Gasteiger partial charge in [0.25, 0.3) is 5.91 Å². The maximum atomic E-state index is 12.0. The highest BCUT2D eigenvalue weighted by Gasteiger charge is 2.29. The number of rotatable bonds is 4. The first kappa shape index (κ1) is 14.9. The normalized spacial score (nSPS) is 20.2. The van der Waals surface area contributed by atoms with Gasteiger partial charge in [-0.25, -0.2) is 8.42 Å². The topological polar surface area (TPSA) is 63.2 Å². The second-order valence-corrected chi connectivity index (χ2v) is 8.10. The molecule has 4 nitrogen and oxygen atoms in total. The largest absolute Gasteiger partial charge is 0.341 e. The van der Waals surface area contributed by atoms with Crippen LogP contribution in [0.5, 0.6) is 0 Å². The second-order valence-electron chi connectivity index (χ2n) is 4.53. The number of sulfone groups is 1. The van der Waals surface area contributed by atoms with Crippen LogP contribution in [0, 0.1) is 12.3 Å². The molecule has 106 valence electrons. The maximum Gasteiger partial charge on any atom is 0.253 e. The van der Waals surface area contributed by atoms with E-state index >= 15 is 0 Å². The van der Waals surface area contributed by atoms with Gasteiger partial charge in [-0.1, -0.05) is 18.1 Å². The minimum absolute atomic E-state index is 0.0154. The first-order valence-electron chi connectivity index (χ1n) is 6.19. The Morgan fingerprint density at radius 2 is 2.20 bits per heavy atom. The van der Waals surface area contributed by atoms with Crippen LogP contribution in [-0.2, 0) is 9.84 Å². The van der Waals surface area contributed by atoms with Gasteiger partial charge in [-0.15, -0.1) is 18.2 Å². The summed E-state index contributed by atoms with van der Waals surface area (Å²) < 4.78 is 23.0. The summed E-state index contributed by atoms with van der Waals surface area (Å²) in [7, 11) is -2.91. The lowest BCUT2D eigenvalue weighted by molar-refractivity contribution is 0.0956. The Hall–Kier alpha value is -1.45. The monoisotopic (exact) mass is 309 g/mol. The molecule has 1 heterocycles. The van der Waals surface area contributed by atoms with Crippen LogP contribution in [0.1, 0.15) is 16.8 Å². The van der Waals surface area contributed by atoms with Gasteiger partial charge in [0.05, 0.1) is 23.6 Å². The van der Waals surface area contributed by atoms with E-state index in [-0.39, 0.29) is 29.2 Å². The molecule has 1 saturated heterocycles. The number of nitrogens with one attached hydrogen (secondary N) is 1. The van der Waals surface area contributed by atoms with Gasteiger partial charge in [0.1, 0.15) is 0 Å². The zero-order chi connectivity index (χ0) is 14.6. The molecule has 0 spiro atoms. The highest BCUT2D eigenvalue weighted by atomic mass is 32.2. The van der Waals surface area contributed by atoms with Gasteiger partial charge in [-0.05, 0) is 18.6 Å². The third kappa shape index (κ3) is 3.78. The first-order chi connectivity index (χ1) is 9.52. The van der Waals surface area contributed by atoms with Gasteiger partial charge in [0.15, 0.2) is 9.84 Å². The molecular formula is C14H15NO3S2. The highest BCUT2D eigenvalue weighted by Crippen LogP contribution is 2.32. The standard InChI is InChI=1S/C14H15NO3S2/c1-2-8-15-14(16)12-5-3-4-6-13(12)19-11-7-9-20(17,18)10-11/h1,3-6,11H,7-10H2,(H,15,16). The van der Waals surface area contributed by atoms with Crippen molar-refractivity contribution in [3.8, 4) is 12.3 Å². The van der Waals surface area contributed by atoms with Crippen molar-refractivity contribution in [3.63, 3.8) is 0 Å². The lowest BCUT2D eigenvalue weighted by Gasteiger charge is -2.11. The fourth-order valence-corrected chi connectivity index (χ4v) is 5.64. The Morgan fingerprint density at radius 1 is 1.45 bits per heavy atom. The Bertz CT molecular complexity index is 647. The fraction of sp³-hybridized carbons (Fsp3) is 0.357. The van der Waals surface area contributed by atoms with Crippen LogP contribution in [0.15, 0.2) is 29.2 Å². The molecule has 1 aliphatic heterocycles. The molecular weight excluding hydrogens is 294 g/mol. The van der Waals surface area contributed by atoms with Crippen LogP contribution in [-0.4, -0.2) is 37.6 Å². The first-order valence-corrected chi connectivity index (χ1v) is 8.90. The molecule has 0 bridgehead atoms. The second kappa shape index (κ2) is 6.33. The van der Waals surface area contributed by atoms with E-state index in [1.54, 1.807) is 12.1 Å². The van der Waals surface area contributed by atoms with Crippen molar-refractivity contribution < 1.29 is 13.2 Å². The number of thioether (sulfide) groups is 1. The van der Waals surface area contributed by atoms with Gasteiger partial charge in [0.2, 0.25) is 0 Å². The number of carbonyl (C=O) groups excluding carboxylic acids is 1. The van der Waals surface area contributed by atoms with Crippen LogP contribution in [0.3, 0.4) is 0 Å². The van der Waals surface area contributed by atoms with E-state index in [1.807, 2.05) is 12.1 Å². The summed E-state index contributed by atoms with van der Waals surface area (Å²) in [6.45, 7) is 0.176. The van der Waals surface area contributed by atoms with E-state index in [4.69, 9.17) is 6.42 Å². The van der Waals surface area contributed by atoms with Gasteiger partial charge < -0.3 is 5.32 Å². The molecule has 20 heavy (non-hydrogen) atoms. The summed E-state index contributed by atoms with van der Waals surface area (Å²) >= 11 is 1.45. The van der Waals surface area contributed by atoms with Gasteiger partial charge >= 0.3 is 0 Å². The maximum absolute atomic E-state index is 12.0. The van der Waals surface area contributed by atoms with Crippen molar-refractivity contribution >= 4 is 27.5 Å². The molecule has 0 aliphatic carbocycles. The van der Waals surface area contributed by atoms with Crippen molar-refractivity contribution in [3.05, 3.63) is 29.8 Å². The molecule has 1 atom stereocenters. The van der Waals surface area contributed by atoms with Gasteiger partial charge in [0, 0.05) is 10.1 Å². The number of benzene rings is 1. The highest BCUT2D eigenvalue weighted by molar-refractivity contribution is 8.02. The minimum Gasteiger partial charge on any atom is -0.341 e. The zero-order valence-corrected chi connectivity index (χ0v) is 12.5. The van der Waals surface area contributed by atoms with Crippen LogP contribution in [0.25, 0.3) is 0 Å². The van der Waals surface area contributed by atoms with Crippen molar-refractivity contribution in [2.24, 2.45) is 0 Å². The van der Waals surface area contributed by atoms with E-state index < -0.39 is 9.84 Å². The molecule has 2 rings (SSSR count). The van der Waals surface area contributed by atoms with Crippen molar-refractivity contribution in [1.82, 2.24) is 5.32 Å². The molecule has 1 aromatic rings. The van der Waals surface area contributed by atoms with Gasteiger partial charge in [-0.2, -0.15) is 0 Å². The van der Waals surface area contributed by atoms with E-state index in [1.165, 1.54) is 11.8 Å². The Labute approximate surface area is 123 Å². The third-order valence-corrected chi connectivity index (χ3v) is 6.29. The fourth-order valence-electron chi connectivity index (χ4n) is 2.02. The van der Waals surface area contributed by atoms with Crippen molar-refractivity contribution in [2.45, 2.75) is 16.6 Å². The predicted molar refractivity (Wildman–Crippen MR) is 80.5 cm³/mol. The quantitative estimate of drug-likeness (QED) is 0.852. The molecule has 1 unspecified atom stereocenters. The minimum atomic E-state index is -2.91. The summed E-state index contributed by atoms with van der Waals surface area (Å²) in [5, 5.41) is 2.64. The average Bonchev–Trinajstić information content (AvgIpc) is 2.76. The van der Waals surface area contributed by atoms with E-state index in [0.29, 0.717) is 12.0 Å². The number of hydrogen-bond donors (Lipinski definition) is 1. The Balaban J connectivity index is 2.12. The van der Waals surface area contributed by atoms with Gasteiger partial charge in [-0.3, -0.25) is 4.79 Å². The molecule has 1 aromatic carbocycles. The molecule has 6 heteroatoms. The lowest BCUT2D eigenvalue weighted by atomic mass is 10.2. The van der Waals surface area contributed by atoms with Crippen LogP contribution in [0.2, 0.25) is 0 Å². The number of terminal acetylenes is 1. The van der Waals surface area contributed by atoms with E-state index in [0.717, 1.165) is 4.90 Å². The predicted octanol–water partition coefficient (Wildman–Crippen LogP) is 1.33. The van der Waals surface area contributed by atoms with Crippen LogP contribution < -0.4 is 5.32 Å². The summed E-state index contributed by atoms with van der Waals surface area (Å²) in [4.78, 5) is 12.8. The third-order valence-electron chi connectivity index (χ3n) is 2.97. The average molecular weight is 309 g/mol. The van der Waals surface area contributed by atoms with Crippen LogP contribution >= 0.6 is 11.8 Å². The smallest absolute Gasteiger partial charge is 0.253 e. The van der Waals surface area contributed by atoms with Crippen LogP contribution in [0.4, 0.5) is 0 Å². The zero-order valence-electron chi connectivity index (χ0n) is 10.8. The van der Waals surface area contributed by atoms with E-state index in [9.17, 15) is 13.2 Å². The number of carbonyl (C=O) groups is 1. The molecule has 1 aliphatic rings. The Morgan fingerprint density at radius 3 is 2.85 bits per heavy atom. The molecule has 0 saturated carbocycles. The lowest BCUT2D eigenvalue weighted by Crippen LogP contribution is -2.24. The SMILES string of the molecule is C#CCNC(=O)c1ccccc1SC1CCS(=O)(=O)C1. The number of hydrogen-bond acceptors (Lipinski definition) is 4. The summed E-state index contributed by atoms with van der Waals surface area (Å²) in [6.07, 6.45) is 5.75. The molecule has 0 radical (unpaired) electrons. The van der Waals surface area contributed by atoms with E-state index in [2.05, 4.69) is 11.2 Å². The number of amides is 1. The Kier molecular flexibility index (Phi) is 4.73. The summed E-state index contributed by atoms with van der Waals surface area (Å²) in [5.41, 5.74) is 0.539. The molecule has 1 N–H and O–H groups in total. The molecule has 1 fully saturated rings. The molecule has 0 aromatic heterocycles.